The molecule has 0 heterocycles. The number of hydrogen-bond acceptors (Lipinski definition) is 1. The van der Waals surface area contributed by atoms with E-state index in [1.165, 1.54) is 12.3 Å². The quantitative estimate of drug-likeness (QED) is 0.728. The third-order valence-electron chi connectivity index (χ3n) is 2.95. The average molecular weight is 339 g/mol. The summed E-state index contributed by atoms with van der Waals surface area (Å²) in [6.45, 7) is 6.57. The van der Waals surface area contributed by atoms with Gasteiger partial charge in [-0.3, -0.25) is 5.92 Å². The van der Waals surface area contributed by atoms with Crippen LogP contribution in [0.2, 0.25) is 0 Å². The molecule has 12 heavy (non-hydrogen) atoms. The molecule has 2 heteroatoms. The van der Waals surface area contributed by atoms with Gasteiger partial charge in [0.15, 0.2) is 0 Å². The van der Waals surface area contributed by atoms with E-state index in [0.29, 0.717) is 0 Å². The van der Waals surface area contributed by atoms with Gasteiger partial charge in [-0.2, -0.15) is 13.3 Å². The summed E-state index contributed by atoms with van der Waals surface area (Å²) in [5, 5.41) is 9.56. The predicted molar refractivity (Wildman–Crippen MR) is 47.1 cm³/mol. The smallest absolute Gasteiger partial charge is 0 e. The van der Waals surface area contributed by atoms with Crippen LogP contribution in [0.1, 0.15) is 40.0 Å². The number of aliphatic hydroxyl groups is 1. The molecule has 1 saturated carbocycles. The van der Waals surface area contributed by atoms with Crippen molar-refractivity contribution in [2.45, 2.75) is 46.1 Å². The van der Waals surface area contributed by atoms with E-state index in [-0.39, 0.29) is 27.2 Å². The fourth-order valence-corrected chi connectivity index (χ4v) is 1.79. The zero-order valence-electron chi connectivity index (χ0n) is 8.21. The van der Waals surface area contributed by atoms with Crippen LogP contribution in [-0.4, -0.2) is 11.2 Å². The second-order valence-corrected chi connectivity index (χ2v) is 4.14. The predicted octanol–water partition coefficient (Wildman–Crippen LogP) is 2.40. The van der Waals surface area contributed by atoms with Crippen molar-refractivity contribution in [3.8, 4) is 0 Å². The monoisotopic (exact) mass is 339 g/mol. The molecule has 0 bridgehead atoms. The van der Waals surface area contributed by atoms with Crippen molar-refractivity contribution >= 4 is 0 Å². The Morgan fingerprint density at radius 2 is 2.00 bits per heavy atom. The van der Waals surface area contributed by atoms with E-state index < -0.39 is 0 Å². The Kier molecular flexibility index (Phi) is 5.69. The summed E-state index contributed by atoms with van der Waals surface area (Å²) in [5.74, 6) is 2.76. The molecule has 1 fully saturated rings. The maximum Gasteiger partial charge on any atom is 0 e. The Balaban J connectivity index is 0.00000121. The molecule has 1 N–H and O–H groups in total. The molecule has 0 amide bonds. The molecule has 1 rings (SSSR count). The first-order valence-electron chi connectivity index (χ1n) is 4.61. The zero-order valence-corrected chi connectivity index (χ0v) is 11.1. The molecule has 1 aliphatic rings. The van der Waals surface area contributed by atoms with Gasteiger partial charge in [-0.15, -0.1) is 0 Å². The fraction of sp³-hybridized carbons (Fsp3) is 0.900. The Hall–Kier alpha value is 0.648. The summed E-state index contributed by atoms with van der Waals surface area (Å²) in [6, 6.07) is 0. The molecule has 0 radical (unpaired) electrons. The molecule has 0 unspecified atom stereocenters. The van der Waals surface area contributed by atoms with Gasteiger partial charge < -0.3 is 5.11 Å². The standard InChI is InChI=1S/C10H19O.W/c1-7(2)9-5-4-8(3)10(11)6-9;/h7,9-11H,4-6H2,1-3H3;/q-1;/t9-,10+;/m1./s1. The minimum absolute atomic E-state index is 0. The van der Waals surface area contributed by atoms with Crippen molar-refractivity contribution in [2.75, 3.05) is 0 Å². The minimum atomic E-state index is -0.115. The zero-order chi connectivity index (χ0) is 8.43. The fourth-order valence-electron chi connectivity index (χ4n) is 1.79. The molecule has 1 aliphatic carbocycles. The van der Waals surface area contributed by atoms with Crippen LogP contribution in [0.3, 0.4) is 0 Å². The SMILES string of the molecule is C[C-]1CC[C@@H](C(C)C)C[C@@H]1O.[W]. The van der Waals surface area contributed by atoms with Gasteiger partial charge in [0.25, 0.3) is 0 Å². The van der Waals surface area contributed by atoms with Crippen molar-refractivity contribution in [3.63, 3.8) is 0 Å². The molecule has 1 nitrogen and oxygen atoms in total. The topological polar surface area (TPSA) is 20.2 Å². The number of rotatable bonds is 1. The summed E-state index contributed by atoms with van der Waals surface area (Å²) >= 11 is 0. The van der Waals surface area contributed by atoms with Crippen LogP contribution in [-0.2, 0) is 21.1 Å². The maximum atomic E-state index is 9.56. The molecule has 0 aromatic heterocycles. The van der Waals surface area contributed by atoms with Crippen LogP contribution in [0.4, 0.5) is 0 Å². The van der Waals surface area contributed by atoms with Crippen LogP contribution in [0, 0.1) is 17.8 Å². The van der Waals surface area contributed by atoms with Crippen molar-refractivity contribution in [1.82, 2.24) is 0 Å². The van der Waals surface area contributed by atoms with E-state index in [9.17, 15) is 5.11 Å². The largest absolute Gasteiger partial charge is 0.425 e. The summed E-state index contributed by atoms with van der Waals surface area (Å²) < 4.78 is 0. The van der Waals surface area contributed by atoms with Crippen LogP contribution >= 0.6 is 0 Å². The van der Waals surface area contributed by atoms with Gasteiger partial charge in [0.2, 0.25) is 0 Å². The van der Waals surface area contributed by atoms with Gasteiger partial charge in [0.1, 0.15) is 0 Å². The van der Waals surface area contributed by atoms with Crippen molar-refractivity contribution in [1.29, 1.82) is 0 Å². The molecule has 0 aromatic carbocycles. The molecule has 0 aliphatic heterocycles. The van der Waals surface area contributed by atoms with Crippen LogP contribution in [0.15, 0.2) is 0 Å². The first kappa shape index (κ1) is 12.6. The first-order valence-corrected chi connectivity index (χ1v) is 4.61. The van der Waals surface area contributed by atoms with Gasteiger partial charge in [-0.05, 0) is 11.8 Å². The Labute approximate surface area is 90.2 Å². The molecular weight excluding hydrogens is 320 g/mol. The molecule has 2 atom stereocenters. The molecule has 72 valence electrons. The van der Waals surface area contributed by atoms with Gasteiger partial charge >= 0.3 is 0 Å². The van der Waals surface area contributed by atoms with Gasteiger partial charge in [-0.25, -0.2) is 0 Å². The van der Waals surface area contributed by atoms with Crippen LogP contribution in [0.5, 0.6) is 0 Å². The number of aliphatic hydroxyl groups excluding tert-OH is 1. The van der Waals surface area contributed by atoms with E-state index in [1.54, 1.807) is 0 Å². The van der Waals surface area contributed by atoms with Crippen LogP contribution < -0.4 is 0 Å². The molecule has 0 spiro atoms. The van der Waals surface area contributed by atoms with E-state index in [1.807, 2.05) is 0 Å². The van der Waals surface area contributed by atoms with Crippen molar-refractivity contribution in [3.05, 3.63) is 5.92 Å². The summed E-state index contributed by atoms with van der Waals surface area (Å²) in [5.41, 5.74) is 0. The Morgan fingerprint density at radius 1 is 1.42 bits per heavy atom. The molecule has 0 saturated heterocycles. The second-order valence-electron chi connectivity index (χ2n) is 4.14. The summed E-state index contributed by atoms with van der Waals surface area (Å²) in [4.78, 5) is 0. The maximum absolute atomic E-state index is 9.56. The van der Waals surface area contributed by atoms with Crippen molar-refractivity contribution in [2.24, 2.45) is 11.8 Å². The summed E-state index contributed by atoms with van der Waals surface area (Å²) in [7, 11) is 0. The van der Waals surface area contributed by atoms with E-state index in [4.69, 9.17) is 0 Å². The van der Waals surface area contributed by atoms with Gasteiger partial charge in [0, 0.05) is 21.1 Å². The van der Waals surface area contributed by atoms with E-state index >= 15 is 0 Å². The molecular formula is C10H19OW-. The van der Waals surface area contributed by atoms with Gasteiger partial charge in [-0.1, -0.05) is 32.8 Å². The third-order valence-corrected chi connectivity index (χ3v) is 2.95. The summed E-state index contributed by atoms with van der Waals surface area (Å²) in [6.07, 6.45) is 3.28. The third kappa shape index (κ3) is 3.18. The first-order chi connectivity index (χ1) is 5.11. The van der Waals surface area contributed by atoms with Crippen molar-refractivity contribution < 1.29 is 26.2 Å². The normalized spacial score (nSPS) is 31.8. The van der Waals surface area contributed by atoms with E-state index in [2.05, 4.69) is 20.8 Å². The second kappa shape index (κ2) is 5.39. The average Bonchev–Trinajstić information content (AvgIpc) is 1.94. The van der Waals surface area contributed by atoms with Gasteiger partial charge in [0.05, 0.1) is 0 Å². The Bertz CT molecular complexity index is 125. The minimum Gasteiger partial charge on any atom is -0.425 e. The Morgan fingerprint density at radius 3 is 2.42 bits per heavy atom. The van der Waals surface area contributed by atoms with E-state index in [0.717, 1.165) is 24.7 Å². The number of hydrogen-bond donors (Lipinski definition) is 1. The van der Waals surface area contributed by atoms with Crippen LogP contribution in [0.25, 0.3) is 0 Å². The molecule has 0 aromatic rings.